The van der Waals surface area contributed by atoms with Gasteiger partial charge in [0.05, 0.1) is 27.4 Å². The van der Waals surface area contributed by atoms with Gasteiger partial charge in [-0.15, -0.1) is 0 Å². The highest BCUT2D eigenvalue weighted by Gasteiger charge is 2.14. The molecule has 0 saturated carbocycles. The number of thioether (sulfide) groups is 1. The summed E-state index contributed by atoms with van der Waals surface area (Å²) < 4.78 is 1.68. The predicted octanol–water partition coefficient (Wildman–Crippen LogP) is 5.17. The number of hydrogen-bond donors (Lipinski definition) is 1. The Morgan fingerprint density at radius 3 is 2.62 bits per heavy atom. The SMILES string of the molecule is CCN(CC)CCCn1c(SCC(=O)Nc2ccc(Cl)cc2Cl)nc2ccccc2c1=O. The normalized spacial score (nSPS) is 11.3. The van der Waals surface area contributed by atoms with E-state index in [1.165, 1.54) is 11.8 Å². The Hall–Kier alpha value is -2.06. The van der Waals surface area contributed by atoms with Gasteiger partial charge in [-0.1, -0.05) is 60.9 Å². The zero-order valence-electron chi connectivity index (χ0n) is 18.1. The standard InChI is InChI=1S/C23H26Cl2N4O2S/c1-3-28(4-2)12-7-13-29-22(31)17-8-5-6-9-19(17)27-23(29)32-15-21(30)26-20-11-10-16(24)14-18(20)25/h5-6,8-11,14H,3-4,7,12-13,15H2,1-2H3,(H,26,30). The van der Waals surface area contributed by atoms with Crippen molar-refractivity contribution in [3.63, 3.8) is 0 Å². The second-order valence-corrected chi connectivity index (χ2v) is 9.00. The first kappa shape index (κ1) is 24.6. The molecule has 2 aromatic carbocycles. The molecule has 0 aliphatic rings. The fourth-order valence-corrected chi connectivity index (χ4v) is 4.64. The van der Waals surface area contributed by atoms with Gasteiger partial charge < -0.3 is 10.2 Å². The van der Waals surface area contributed by atoms with Crippen molar-refractivity contribution < 1.29 is 4.79 Å². The Balaban J connectivity index is 1.77. The lowest BCUT2D eigenvalue weighted by atomic mass is 10.2. The van der Waals surface area contributed by atoms with Crippen LogP contribution in [0.3, 0.4) is 0 Å². The number of carbonyl (C=O) groups excluding carboxylic acids is 1. The van der Waals surface area contributed by atoms with Crippen LogP contribution in [0.2, 0.25) is 10.0 Å². The molecule has 32 heavy (non-hydrogen) atoms. The third-order valence-electron chi connectivity index (χ3n) is 5.11. The lowest BCUT2D eigenvalue weighted by Crippen LogP contribution is -2.28. The van der Waals surface area contributed by atoms with Gasteiger partial charge in [0.15, 0.2) is 5.16 Å². The first-order valence-electron chi connectivity index (χ1n) is 10.5. The number of carbonyl (C=O) groups is 1. The first-order valence-corrected chi connectivity index (χ1v) is 12.3. The van der Waals surface area contributed by atoms with Gasteiger partial charge in [0.25, 0.3) is 5.56 Å². The van der Waals surface area contributed by atoms with Crippen molar-refractivity contribution >= 4 is 57.5 Å². The van der Waals surface area contributed by atoms with E-state index in [0.29, 0.717) is 38.3 Å². The lowest BCUT2D eigenvalue weighted by Gasteiger charge is -2.19. The van der Waals surface area contributed by atoms with Crippen molar-refractivity contribution in [1.29, 1.82) is 0 Å². The Morgan fingerprint density at radius 1 is 1.16 bits per heavy atom. The quantitative estimate of drug-likeness (QED) is 0.312. The van der Waals surface area contributed by atoms with E-state index < -0.39 is 0 Å². The van der Waals surface area contributed by atoms with E-state index in [9.17, 15) is 9.59 Å². The molecule has 170 valence electrons. The van der Waals surface area contributed by atoms with Gasteiger partial charge in [0, 0.05) is 11.6 Å². The van der Waals surface area contributed by atoms with Gasteiger partial charge in [-0.2, -0.15) is 0 Å². The maximum atomic E-state index is 13.1. The van der Waals surface area contributed by atoms with Gasteiger partial charge in [-0.3, -0.25) is 14.2 Å². The predicted molar refractivity (Wildman–Crippen MR) is 134 cm³/mol. The van der Waals surface area contributed by atoms with E-state index in [0.717, 1.165) is 26.1 Å². The largest absolute Gasteiger partial charge is 0.324 e. The van der Waals surface area contributed by atoms with Crippen molar-refractivity contribution in [3.8, 4) is 0 Å². The molecule has 3 rings (SSSR count). The van der Waals surface area contributed by atoms with Gasteiger partial charge in [0.1, 0.15) is 0 Å². The molecule has 0 unspecified atom stereocenters. The van der Waals surface area contributed by atoms with Gasteiger partial charge >= 0.3 is 0 Å². The molecular formula is C23H26Cl2N4O2S. The minimum absolute atomic E-state index is 0.0844. The second kappa shape index (κ2) is 11.7. The summed E-state index contributed by atoms with van der Waals surface area (Å²) in [4.78, 5) is 32.6. The highest BCUT2D eigenvalue weighted by atomic mass is 35.5. The Bertz CT molecular complexity index is 1150. The number of hydrogen-bond acceptors (Lipinski definition) is 5. The summed E-state index contributed by atoms with van der Waals surface area (Å²) in [6.07, 6.45) is 0.821. The van der Waals surface area contributed by atoms with Crippen molar-refractivity contribution in [3.05, 3.63) is 62.9 Å². The number of benzene rings is 2. The zero-order chi connectivity index (χ0) is 23.1. The van der Waals surface area contributed by atoms with Crippen LogP contribution in [0.25, 0.3) is 10.9 Å². The molecule has 1 heterocycles. The highest BCUT2D eigenvalue weighted by molar-refractivity contribution is 7.99. The average Bonchev–Trinajstić information content (AvgIpc) is 2.78. The van der Waals surface area contributed by atoms with Gasteiger partial charge in [0.2, 0.25) is 5.91 Å². The van der Waals surface area contributed by atoms with Crippen molar-refractivity contribution in [2.24, 2.45) is 0 Å². The maximum absolute atomic E-state index is 13.1. The number of rotatable bonds is 10. The summed E-state index contributed by atoms with van der Waals surface area (Å²) in [5, 5.41) is 4.76. The molecule has 3 aromatic rings. The smallest absolute Gasteiger partial charge is 0.262 e. The molecule has 0 aliphatic carbocycles. The zero-order valence-corrected chi connectivity index (χ0v) is 20.4. The molecule has 1 aromatic heterocycles. The molecule has 0 fully saturated rings. The van der Waals surface area contributed by atoms with E-state index in [4.69, 9.17) is 23.2 Å². The van der Waals surface area contributed by atoms with Crippen LogP contribution < -0.4 is 10.9 Å². The molecule has 0 aliphatic heterocycles. The molecule has 6 nitrogen and oxygen atoms in total. The van der Waals surface area contributed by atoms with Crippen molar-refractivity contribution in [2.45, 2.75) is 32.0 Å². The van der Waals surface area contributed by atoms with Gasteiger partial charge in [-0.25, -0.2) is 4.98 Å². The van der Waals surface area contributed by atoms with E-state index in [1.807, 2.05) is 18.2 Å². The van der Waals surface area contributed by atoms with Crippen LogP contribution in [0.5, 0.6) is 0 Å². The van der Waals surface area contributed by atoms with Crippen LogP contribution in [-0.4, -0.2) is 45.7 Å². The van der Waals surface area contributed by atoms with Crippen LogP contribution in [0, 0.1) is 0 Å². The van der Waals surface area contributed by atoms with Crippen molar-refractivity contribution in [2.75, 3.05) is 30.7 Å². The Kier molecular flexibility index (Phi) is 8.99. The first-order chi connectivity index (χ1) is 15.4. The van der Waals surface area contributed by atoms with Crippen LogP contribution in [0.15, 0.2) is 52.4 Å². The maximum Gasteiger partial charge on any atom is 0.262 e. The average molecular weight is 493 g/mol. The van der Waals surface area contributed by atoms with Crippen LogP contribution >= 0.6 is 35.0 Å². The minimum Gasteiger partial charge on any atom is -0.324 e. The Labute approximate surface area is 201 Å². The molecule has 0 atom stereocenters. The molecular weight excluding hydrogens is 467 g/mol. The van der Waals surface area contributed by atoms with E-state index in [-0.39, 0.29) is 17.2 Å². The summed E-state index contributed by atoms with van der Waals surface area (Å²) in [7, 11) is 0. The number of amides is 1. The molecule has 1 N–H and O–H groups in total. The molecule has 0 saturated heterocycles. The third-order valence-corrected chi connectivity index (χ3v) is 6.64. The Morgan fingerprint density at radius 2 is 1.91 bits per heavy atom. The summed E-state index contributed by atoms with van der Waals surface area (Å²) in [5.41, 5.74) is 1.03. The molecule has 0 bridgehead atoms. The van der Waals surface area contributed by atoms with E-state index >= 15 is 0 Å². The number of halogens is 2. The number of aromatic nitrogens is 2. The third kappa shape index (κ3) is 6.25. The highest BCUT2D eigenvalue weighted by Crippen LogP contribution is 2.26. The van der Waals surface area contributed by atoms with Crippen LogP contribution in [0.4, 0.5) is 5.69 Å². The number of para-hydroxylation sites is 1. The molecule has 9 heteroatoms. The number of fused-ring (bicyclic) bond motifs is 1. The number of anilines is 1. The number of nitrogens with one attached hydrogen (secondary N) is 1. The lowest BCUT2D eigenvalue weighted by molar-refractivity contribution is -0.113. The second-order valence-electron chi connectivity index (χ2n) is 7.21. The van der Waals surface area contributed by atoms with Crippen LogP contribution in [-0.2, 0) is 11.3 Å². The van der Waals surface area contributed by atoms with Gasteiger partial charge in [-0.05, 0) is 56.4 Å². The van der Waals surface area contributed by atoms with E-state index in [2.05, 4.69) is 29.0 Å². The number of nitrogens with zero attached hydrogens (tertiary/aromatic N) is 3. The minimum atomic E-state index is -0.240. The topological polar surface area (TPSA) is 67.2 Å². The molecule has 0 radical (unpaired) electrons. The monoisotopic (exact) mass is 492 g/mol. The summed E-state index contributed by atoms with van der Waals surface area (Å²) in [5.74, 6) is -0.143. The molecule has 1 amide bonds. The summed E-state index contributed by atoms with van der Waals surface area (Å²) >= 11 is 13.3. The summed E-state index contributed by atoms with van der Waals surface area (Å²) in [6, 6.07) is 12.2. The molecule has 0 spiro atoms. The summed E-state index contributed by atoms with van der Waals surface area (Å²) in [6.45, 7) is 7.62. The van der Waals surface area contributed by atoms with Crippen LogP contribution in [0.1, 0.15) is 20.3 Å². The fourth-order valence-electron chi connectivity index (χ4n) is 3.35. The van der Waals surface area contributed by atoms with E-state index in [1.54, 1.807) is 28.8 Å². The van der Waals surface area contributed by atoms with Crippen molar-refractivity contribution in [1.82, 2.24) is 14.5 Å². The fraction of sp³-hybridized carbons (Fsp3) is 0.348.